The second kappa shape index (κ2) is 4.61. The minimum Gasteiger partial charge on any atom is -0.341 e. The maximum atomic E-state index is 11.1. The maximum absolute atomic E-state index is 11.1. The van der Waals surface area contributed by atoms with Gasteiger partial charge in [0.1, 0.15) is 0 Å². The lowest BCUT2D eigenvalue weighted by Gasteiger charge is -2.33. The van der Waals surface area contributed by atoms with E-state index in [4.69, 9.17) is 0 Å². The van der Waals surface area contributed by atoms with Crippen LogP contribution < -0.4 is 5.32 Å². The highest BCUT2D eigenvalue weighted by Gasteiger charge is 2.21. The number of carbonyl (C=O) groups excluding carboxylic acids is 1. The average molecular weight is 184 g/mol. The van der Waals surface area contributed by atoms with Crippen LogP contribution in [-0.2, 0) is 4.79 Å². The fourth-order valence-electron chi connectivity index (χ4n) is 1.87. The zero-order valence-corrected chi connectivity index (χ0v) is 8.84. The van der Waals surface area contributed by atoms with Gasteiger partial charge < -0.3 is 10.2 Å². The molecule has 1 fully saturated rings. The summed E-state index contributed by atoms with van der Waals surface area (Å²) in [5.41, 5.74) is 0. The molecule has 0 aromatic heterocycles. The standard InChI is InChI=1S/C10H20N2O/c1-8(2)11-10-5-4-6-12(7-10)9(3)13/h8,10-11H,4-7H2,1-3H3. The predicted octanol–water partition coefficient (Wildman–Crippen LogP) is 0.995. The van der Waals surface area contributed by atoms with Crippen LogP contribution in [0.3, 0.4) is 0 Å². The summed E-state index contributed by atoms with van der Waals surface area (Å²) < 4.78 is 0. The number of nitrogens with zero attached hydrogens (tertiary/aromatic N) is 1. The van der Waals surface area contributed by atoms with E-state index in [1.165, 1.54) is 6.42 Å². The zero-order chi connectivity index (χ0) is 9.84. The molecule has 0 aliphatic carbocycles. The van der Waals surface area contributed by atoms with E-state index >= 15 is 0 Å². The average Bonchev–Trinajstić information content (AvgIpc) is 2.03. The van der Waals surface area contributed by atoms with E-state index in [0.29, 0.717) is 12.1 Å². The van der Waals surface area contributed by atoms with Crippen molar-refractivity contribution in [2.45, 2.75) is 45.7 Å². The van der Waals surface area contributed by atoms with Gasteiger partial charge in [0.15, 0.2) is 0 Å². The van der Waals surface area contributed by atoms with Crippen LogP contribution in [0, 0.1) is 0 Å². The third-order valence-electron chi connectivity index (χ3n) is 2.44. The molecule has 1 unspecified atom stereocenters. The van der Waals surface area contributed by atoms with Crippen molar-refractivity contribution in [3.63, 3.8) is 0 Å². The topological polar surface area (TPSA) is 32.3 Å². The van der Waals surface area contributed by atoms with Crippen LogP contribution in [0.25, 0.3) is 0 Å². The molecule has 1 aliphatic heterocycles. The first-order valence-corrected chi connectivity index (χ1v) is 5.11. The zero-order valence-electron chi connectivity index (χ0n) is 8.84. The van der Waals surface area contributed by atoms with E-state index in [0.717, 1.165) is 19.5 Å². The molecule has 1 amide bonds. The van der Waals surface area contributed by atoms with Gasteiger partial charge in [0, 0.05) is 32.1 Å². The minimum absolute atomic E-state index is 0.204. The van der Waals surface area contributed by atoms with Gasteiger partial charge in [-0.15, -0.1) is 0 Å². The lowest BCUT2D eigenvalue weighted by molar-refractivity contribution is -0.130. The first kappa shape index (κ1) is 10.5. The smallest absolute Gasteiger partial charge is 0.219 e. The Kier molecular flexibility index (Phi) is 3.72. The van der Waals surface area contributed by atoms with E-state index in [1.54, 1.807) is 6.92 Å². The summed E-state index contributed by atoms with van der Waals surface area (Å²) in [5.74, 6) is 0.204. The Balaban J connectivity index is 2.37. The van der Waals surface area contributed by atoms with Gasteiger partial charge in [-0.25, -0.2) is 0 Å². The summed E-state index contributed by atoms with van der Waals surface area (Å²) in [7, 11) is 0. The van der Waals surface area contributed by atoms with Crippen LogP contribution in [0.2, 0.25) is 0 Å². The van der Waals surface area contributed by atoms with Crippen molar-refractivity contribution in [2.75, 3.05) is 13.1 Å². The Hall–Kier alpha value is -0.570. The Bertz CT molecular complexity index is 180. The molecule has 1 atom stereocenters. The highest BCUT2D eigenvalue weighted by molar-refractivity contribution is 5.73. The van der Waals surface area contributed by atoms with Gasteiger partial charge in [-0.1, -0.05) is 13.8 Å². The first-order chi connectivity index (χ1) is 6.09. The molecule has 0 spiro atoms. The summed E-state index contributed by atoms with van der Waals surface area (Å²) in [6.45, 7) is 7.76. The number of likely N-dealkylation sites (tertiary alicyclic amines) is 1. The highest BCUT2D eigenvalue weighted by Crippen LogP contribution is 2.10. The second-order valence-electron chi connectivity index (χ2n) is 4.13. The minimum atomic E-state index is 0.204. The molecule has 1 aliphatic rings. The number of rotatable bonds is 2. The number of hydrogen-bond donors (Lipinski definition) is 1. The molecule has 1 heterocycles. The quantitative estimate of drug-likeness (QED) is 0.694. The molecular formula is C10H20N2O. The van der Waals surface area contributed by atoms with Gasteiger partial charge in [-0.2, -0.15) is 0 Å². The molecule has 0 saturated carbocycles. The summed E-state index contributed by atoms with van der Waals surface area (Å²) in [5, 5.41) is 3.47. The Morgan fingerprint density at radius 3 is 2.77 bits per heavy atom. The molecule has 0 aromatic carbocycles. The van der Waals surface area contributed by atoms with Gasteiger partial charge >= 0.3 is 0 Å². The molecule has 1 saturated heterocycles. The lowest BCUT2D eigenvalue weighted by atomic mass is 10.1. The Morgan fingerprint density at radius 2 is 2.23 bits per heavy atom. The van der Waals surface area contributed by atoms with Gasteiger partial charge in [0.25, 0.3) is 0 Å². The SMILES string of the molecule is CC(=O)N1CCCC(NC(C)C)C1. The van der Waals surface area contributed by atoms with Gasteiger partial charge in [0.05, 0.1) is 0 Å². The molecular weight excluding hydrogens is 164 g/mol. The van der Waals surface area contributed by atoms with Crippen molar-refractivity contribution >= 4 is 5.91 Å². The number of amides is 1. The van der Waals surface area contributed by atoms with Gasteiger partial charge in [-0.05, 0) is 12.8 Å². The normalized spacial score (nSPS) is 23.7. The van der Waals surface area contributed by atoms with Crippen molar-refractivity contribution in [2.24, 2.45) is 0 Å². The van der Waals surface area contributed by atoms with E-state index in [9.17, 15) is 4.79 Å². The molecule has 1 N–H and O–H groups in total. The summed E-state index contributed by atoms with van der Waals surface area (Å²) >= 11 is 0. The Morgan fingerprint density at radius 1 is 1.54 bits per heavy atom. The van der Waals surface area contributed by atoms with E-state index in [2.05, 4.69) is 19.2 Å². The highest BCUT2D eigenvalue weighted by atomic mass is 16.2. The van der Waals surface area contributed by atoms with Crippen molar-refractivity contribution in [3.8, 4) is 0 Å². The van der Waals surface area contributed by atoms with Crippen LogP contribution in [0.4, 0.5) is 0 Å². The number of nitrogens with one attached hydrogen (secondary N) is 1. The lowest BCUT2D eigenvalue weighted by Crippen LogP contribution is -2.49. The number of hydrogen-bond acceptors (Lipinski definition) is 2. The fraction of sp³-hybridized carbons (Fsp3) is 0.900. The van der Waals surface area contributed by atoms with Crippen LogP contribution >= 0.6 is 0 Å². The van der Waals surface area contributed by atoms with Crippen molar-refractivity contribution in [1.82, 2.24) is 10.2 Å². The molecule has 1 rings (SSSR count). The van der Waals surface area contributed by atoms with E-state index < -0.39 is 0 Å². The number of piperidine rings is 1. The van der Waals surface area contributed by atoms with Crippen molar-refractivity contribution in [1.29, 1.82) is 0 Å². The van der Waals surface area contributed by atoms with E-state index in [-0.39, 0.29) is 5.91 Å². The Labute approximate surface area is 80.5 Å². The molecule has 0 radical (unpaired) electrons. The molecule has 13 heavy (non-hydrogen) atoms. The summed E-state index contributed by atoms with van der Waals surface area (Å²) in [6, 6.07) is 1.01. The van der Waals surface area contributed by atoms with Crippen LogP contribution in [0.1, 0.15) is 33.6 Å². The van der Waals surface area contributed by atoms with Gasteiger partial charge in [-0.3, -0.25) is 4.79 Å². The molecule has 3 heteroatoms. The van der Waals surface area contributed by atoms with E-state index in [1.807, 2.05) is 4.90 Å². The summed E-state index contributed by atoms with van der Waals surface area (Å²) in [4.78, 5) is 13.1. The molecule has 0 bridgehead atoms. The molecule has 76 valence electrons. The fourth-order valence-corrected chi connectivity index (χ4v) is 1.87. The largest absolute Gasteiger partial charge is 0.341 e. The van der Waals surface area contributed by atoms with Crippen LogP contribution in [0.15, 0.2) is 0 Å². The predicted molar refractivity (Wildman–Crippen MR) is 53.5 cm³/mol. The third kappa shape index (κ3) is 3.35. The summed E-state index contributed by atoms with van der Waals surface area (Å²) in [6.07, 6.45) is 2.33. The third-order valence-corrected chi connectivity index (χ3v) is 2.44. The van der Waals surface area contributed by atoms with Crippen LogP contribution in [0.5, 0.6) is 0 Å². The molecule has 3 nitrogen and oxygen atoms in total. The van der Waals surface area contributed by atoms with Crippen molar-refractivity contribution in [3.05, 3.63) is 0 Å². The maximum Gasteiger partial charge on any atom is 0.219 e. The number of carbonyl (C=O) groups is 1. The second-order valence-corrected chi connectivity index (χ2v) is 4.13. The van der Waals surface area contributed by atoms with Crippen molar-refractivity contribution < 1.29 is 4.79 Å². The monoisotopic (exact) mass is 184 g/mol. The van der Waals surface area contributed by atoms with Gasteiger partial charge in [0.2, 0.25) is 5.91 Å². The first-order valence-electron chi connectivity index (χ1n) is 5.11. The van der Waals surface area contributed by atoms with Crippen LogP contribution in [-0.4, -0.2) is 36.0 Å². The molecule has 0 aromatic rings.